The quantitative estimate of drug-likeness (QED) is 0.838. The molecule has 2 rings (SSSR count). The molecule has 7 heteroatoms. The van der Waals surface area contributed by atoms with Gasteiger partial charge in [-0.3, -0.25) is 5.32 Å². The van der Waals surface area contributed by atoms with Crippen molar-refractivity contribution >= 4 is 23.4 Å². The highest BCUT2D eigenvalue weighted by molar-refractivity contribution is 6.33. The number of ether oxygens (including phenoxy) is 4. The number of carbonyl (C=O) groups is 1. The van der Waals surface area contributed by atoms with Crippen molar-refractivity contribution < 1.29 is 23.7 Å². The molecule has 1 aliphatic heterocycles. The Labute approximate surface area is 134 Å². The lowest BCUT2D eigenvalue weighted by Crippen LogP contribution is -2.27. The number of halogens is 1. The van der Waals surface area contributed by atoms with Crippen LogP contribution in [0.5, 0.6) is 11.5 Å². The van der Waals surface area contributed by atoms with Crippen LogP contribution in [0.4, 0.5) is 10.5 Å². The second-order valence-corrected chi connectivity index (χ2v) is 6.28. The van der Waals surface area contributed by atoms with Gasteiger partial charge in [-0.25, -0.2) is 4.79 Å². The summed E-state index contributed by atoms with van der Waals surface area (Å²) in [7, 11) is 1.52. The topological polar surface area (TPSA) is 69.3 Å². The molecule has 1 N–H and O–H groups in total. The van der Waals surface area contributed by atoms with Crippen molar-refractivity contribution in [3.8, 4) is 11.5 Å². The lowest BCUT2D eigenvalue weighted by molar-refractivity contribution is 0.0636. The summed E-state index contributed by atoms with van der Waals surface area (Å²) >= 11 is 6.14. The molecule has 1 atom stereocenters. The van der Waals surface area contributed by atoms with E-state index in [-0.39, 0.29) is 6.10 Å². The fourth-order valence-electron chi connectivity index (χ4n) is 1.66. The standard InChI is InChI=1S/C15H20ClNO5/c1-15(2,3)22-14(18)17-11-6-13(21-8-9-7-20-9)12(19-4)5-10(11)16/h5-6,9H,7-8H2,1-4H3,(H,17,18)/t9-/m0/s1. The number of nitrogens with one attached hydrogen (secondary N) is 1. The van der Waals surface area contributed by atoms with Crippen LogP contribution < -0.4 is 14.8 Å². The van der Waals surface area contributed by atoms with Gasteiger partial charge in [0.1, 0.15) is 18.3 Å². The van der Waals surface area contributed by atoms with Gasteiger partial charge in [-0.05, 0) is 20.8 Å². The Kier molecular flexibility index (Phi) is 5.03. The lowest BCUT2D eigenvalue weighted by atomic mass is 10.2. The minimum Gasteiger partial charge on any atom is -0.493 e. The molecular formula is C15H20ClNO5. The van der Waals surface area contributed by atoms with E-state index in [1.165, 1.54) is 7.11 Å². The molecule has 0 saturated carbocycles. The summed E-state index contributed by atoms with van der Waals surface area (Å²) in [6.07, 6.45) is -0.473. The van der Waals surface area contributed by atoms with E-state index in [0.717, 1.165) is 0 Å². The van der Waals surface area contributed by atoms with Gasteiger partial charge in [-0.2, -0.15) is 0 Å². The number of carbonyl (C=O) groups excluding carboxylic acids is 1. The Balaban J connectivity index is 2.11. The average Bonchev–Trinajstić information content (AvgIpc) is 3.20. The lowest BCUT2D eigenvalue weighted by Gasteiger charge is -2.20. The molecule has 0 aromatic heterocycles. The SMILES string of the molecule is COc1cc(Cl)c(NC(=O)OC(C)(C)C)cc1OC[C@@H]1CO1. The molecule has 0 unspecified atom stereocenters. The number of methoxy groups -OCH3 is 1. The molecule has 0 bridgehead atoms. The zero-order chi connectivity index (χ0) is 16.3. The molecular weight excluding hydrogens is 310 g/mol. The summed E-state index contributed by atoms with van der Waals surface area (Å²) in [5.41, 5.74) is -0.200. The first-order valence-electron chi connectivity index (χ1n) is 6.90. The monoisotopic (exact) mass is 329 g/mol. The van der Waals surface area contributed by atoms with Crippen molar-refractivity contribution in [3.05, 3.63) is 17.2 Å². The first-order valence-corrected chi connectivity index (χ1v) is 7.28. The van der Waals surface area contributed by atoms with Crippen molar-refractivity contribution in [1.82, 2.24) is 0 Å². The molecule has 0 aliphatic carbocycles. The van der Waals surface area contributed by atoms with E-state index in [0.29, 0.717) is 35.4 Å². The molecule has 1 fully saturated rings. The molecule has 6 nitrogen and oxygen atoms in total. The first-order chi connectivity index (χ1) is 10.3. The van der Waals surface area contributed by atoms with Crippen LogP contribution in [0.3, 0.4) is 0 Å². The summed E-state index contributed by atoms with van der Waals surface area (Å²) in [6.45, 7) is 6.47. The largest absolute Gasteiger partial charge is 0.493 e. The molecule has 0 radical (unpaired) electrons. The molecule has 1 aromatic rings. The Morgan fingerprint density at radius 2 is 2.09 bits per heavy atom. The van der Waals surface area contributed by atoms with E-state index < -0.39 is 11.7 Å². The first kappa shape index (κ1) is 16.7. The minimum absolute atomic E-state index is 0.114. The predicted molar refractivity (Wildman–Crippen MR) is 83.1 cm³/mol. The van der Waals surface area contributed by atoms with Crippen molar-refractivity contribution in [3.63, 3.8) is 0 Å². The zero-order valence-corrected chi connectivity index (χ0v) is 13.8. The van der Waals surface area contributed by atoms with Gasteiger partial charge in [0.2, 0.25) is 0 Å². The smallest absolute Gasteiger partial charge is 0.412 e. The zero-order valence-electron chi connectivity index (χ0n) is 13.1. The number of hydrogen-bond acceptors (Lipinski definition) is 5. The Morgan fingerprint density at radius 1 is 1.41 bits per heavy atom. The van der Waals surface area contributed by atoms with Crippen LogP contribution >= 0.6 is 11.6 Å². The van der Waals surface area contributed by atoms with E-state index in [2.05, 4.69) is 5.32 Å². The van der Waals surface area contributed by atoms with Crippen molar-refractivity contribution in [1.29, 1.82) is 0 Å². The number of benzene rings is 1. The van der Waals surface area contributed by atoms with Gasteiger partial charge >= 0.3 is 6.09 Å². The highest BCUT2D eigenvalue weighted by Crippen LogP contribution is 2.36. The summed E-state index contributed by atoms with van der Waals surface area (Å²) in [5, 5.41) is 2.93. The number of amides is 1. The van der Waals surface area contributed by atoms with Gasteiger partial charge < -0.3 is 18.9 Å². The Hall–Kier alpha value is -1.66. The Bertz CT molecular complexity index is 552. The van der Waals surface area contributed by atoms with Crippen LogP contribution in [0.15, 0.2) is 12.1 Å². The second-order valence-electron chi connectivity index (χ2n) is 5.88. The summed E-state index contributed by atoms with van der Waals surface area (Å²) < 4.78 is 21.2. The maximum absolute atomic E-state index is 11.8. The fraction of sp³-hybridized carbons (Fsp3) is 0.533. The van der Waals surface area contributed by atoms with E-state index in [1.807, 2.05) is 0 Å². The van der Waals surface area contributed by atoms with Gasteiger partial charge in [0, 0.05) is 12.1 Å². The highest BCUT2D eigenvalue weighted by atomic mass is 35.5. The molecule has 1 aromatic carbocycles. The third-order valence-corrected chi connectivity index (χ3v) is 3.03. The number of anilines is 1. The van der Waals surface area contributed by atoms with E-state index in [1.54, 1.807) is 32.9 Å². The van der Waals surface area contributed by atoms with Crippen molar-refractivity contribution in [2.45, 2.75) is 32.5 Å². The van der Waals surface area contributed by atoms with Crippen molar-refractivity contribution in [2.24, 2.45) is 0 Å². The second kappa shape index (κ2) is 6.62. The molecule has 1 heterocycles. The van der Waals surface area contributed by atoms with Crippen LogP contribution in [-0.4, -0.2) is 38.1 Å². The van der Waals surface area contributed by atoms with Gasteiger partial charge in [0.05, 0.1) is 24.4 Å². The third-order valence-electron chi connectivity index (χ3n) is 2.72. The van der Waals surface area contributed by atoms with Crippen LogP contribution in [-0.2, 0) is 9.47 Å². The van der Waals surface area contributed by atoms with Crippen LogP contribution in [0.25, 0.3) is 0 Å². The molecule has 1 aliphatic rings. The summed E-state index contributed by atoms with van der Waals surface area (Å²) in [6, 6.07) is 3.19. The van der Waals surface area contributed by atoms with Crippen LogP contribution in [0.1, 0.15) is 20.8 Å². The normalized spacial score (nSPS) is 16.9. The molecule has 0 spiro atoms. The minimum atomic E-state index is -0.592. The number of epoxide rings is 1. The highest BCUT2D eigenvalue weighted by Gasteiger charge is 2.24. The van der Waals surface area contributed by atoms with Crippen LogP contribution in [0.2, 0.25) is 5.02 Å². The predicted octanol–water partition coefficient (Wildman–Crippen LogP) is 3.47. The summed E-state index contributed by atoms with van der Waals surface area (Å²) in [4.78, 5) is 11.8. The number of rotatable bonds is 5. The molecule has 22 heavy (non-hydrogen) atoms. The maximum atomic E-state index is 11.8. The number of hydrogen-bond donors (Lipinski definition) is 1. The third kappa shape index (κ3) is 4.96. The van der Waals surface area contributed by atoms with E-state index >= 15 is 0 Å². The average molecular weight is 330 g/mol. The van der Waals surface area contributed by atoms with Gasteiger partial charge in [0.25, 0.3) is 0 Å². The fourth-order valence-corrected chi connectivity index (χ4v) is 1.86. The molecule has 1 amide bonds. The van der Waals surface area contributed by atoms with E-state index in [9.17, 15) is 4.79 Å². The molecule has 122 valence electrons. The molecule has 1 saturated heterocycles. The van der Waals surface area contributed by atoms with Gasteiger partial charge in [0.15, 0.2) is 11.5 Å². The summed E-state index contributed by atoms with van der Waals surface area (Å²) in [5.74, 6) is 0.967. The van der Waals surface area contributed by atoms with E-state index in [4.69, 9.17) is 30.5 Å². The van der Waals surface area contributed by atoms with Crippen molar-refractivity contribution in [2.75, 3.05) is 25.6 Å². The maximum Gasteiger partial charge on any atom is 0.412 e. The van der Waals surface area contributed by atoms with Gasteiger partial charge in [-0.15, -0.1) is 0 Å². The van der Waals surface area contributed by atoms with Gasteiger partial charge in [-0.1, -0.05) is 11.6 Å². The Morgan fingerprint density at radius 3 is 2.64 bits per heavy atom. The van der Waals surface area contributed by atoms with Crippen LogP contribution in [0, 0.1) is 0 Å².